The van der Waals surface area contributed by atoms with Gasteiger partial charge in [0.2, 0.25) is 0 Å². The second kappa shape index (κ2) is 8.95. The van der Waals surface area contributed by atoms with Gasteiger partial charge in [-0.3, -0.25) is 9.05 Å². The molecule has 2 rings (SSSR count). The maximum atomic E-state index is 12.6. The number of hydrazone groups is 1. The van der Waals surface area contributed by atoms with Crippen LogP contribution in [0, 0.1) is 13.8 Å². The quantitative estimate of drug-likeness (QED) is 0.416. The van der Waals surface area contributed by atoms with Crippen LogP contribution in [-0.2, 0) is 13.6 Å². The van der Waals surface area contributed by atoms with Crippen molar-refractivity contribution >= 4 is 13.5 Å². The van der Waals surface area contributed by atoms with Gasteiger partial charge in [0.05, 0.1) is 18.9 Å². The number of benzene rings is 2. The van der Waals surface area contributed by atoms with Crippen molar-refractivity contribution in [2.75, 3.05) is 13.2 Å². The first-order chi connectivity index (χ1) is 12.0. The molecule has 0 saturated carbocycles. The van der Waals surface area contributed by atoms with Gasteiger partial charge in [0.25, 0.3) is 0 Å². The normalized spacial score (nSPS) is 11.2. The van der Waals surface area contributed by atoms with E-state index >= 15 is 0 Å². The summed E-state index contributed by atoms with van der Waals surface area (Å²) in [5.74, 6) is 0. The first-order valence-corrected chi connectivity index (χ1v) is 9.90. The molecule has 0 aliphatic carbocycles. The Kier molecular flexibility index (Phi) is 6.94. The molecule has 134 valence electrons. The Bertz CT molecular complexity index is 698. The molecule has 0 aliphatic heterocycles. The predicted octanol–water partition coefficient (Wildman–Crippen LogP) is 4.83. The van der Waals surface area contributed by atoms with E-state index in [9.17, 15) is 4.57 Å². The van der Waals surface area contributed by atoms with Crippen molar-refractivity contribution in [1.82, 2.24) is 5.20 Å². The average molecular weight is 360 g/mol. The summed E-state index contributed by atoms with van der Waals surface area (Å²) in [5, 5.41) is 7.01. The van der Waals surface area contributed by atoms with Crippen LogP contribution in [0.25, 0.3) is 0 Å². The second-order valence-electron chi connectivity index (χ2n) is 5.63. The van der Waals surface area contributed by atoms with Gasteiger partial charge >= 0.3 is 7.75 Å². The Morgan fingerprint density at radius 1 is 0.880 bits per heavy atom. The highest BCUT2D eigenvalue weighted by atomic mass is 31.2. The zero-order chi connectivity index (χ0) is 18.3. The van der Waals surface area contributed by atoms with E-state index in [0.717, 1.165) is 22.3 Å². The van der Waals surface area contributed by atoms with Crippen molar-refractivity contribution < 1.29 is 13.6 Å². The second-order valence-corrected chi connectivity index (χ2v) is 7.34. The third-order valence-corrected chi connectivity index (χ3v) is 5.07. The van der Waals surface area contributed by atoms with Gasteiger partial charge in [0.1, 0.15) is 0 Å². The Labute approximate surface area is 149 Å². The van der Waals surface area contributed by atoms with Gasteiger partial charge in [0.15, 0.2) is 0 Å². The summed E-state index contributed by atoms with van der Waals surface area (Å²) in [5.41, 5.74) is 4.84. The lowest BCUT2D eigenvalue weighted by Gasteiger charge is -2.17. The minimum absolute atomic E-state index is 0.268. The highest BCUT2D eigenvalue weighted by Crippen LogP contribution is 2.43. The summed E-state index contributed by atoms with van der Waals surface area (Å²) in [4.78, 5) is 0. The zero-order valence-corrected chi connectivity index (χ0v) is 16.0. The Morgan fingerprint density at radius 2 is 1.28 bits per heavy atom. The van der Waals surface area contributed by atoms with Crippen molar-refractivity contribution in [1.29, 1.82) is 0 Å². The van der Waals surface area contributed by atoms with Gasteiger partial charge in [-0.05, 0) is 27.7 Å². The molecule has 6 heteroatoms. The highest BCUT2D eigenvalue weighted by molar-refractivity contribution is 7.51. The molecule has 1 N–H and O–H groups in total. The summed E-state index contributed by atoms with van der Waals surface area (Å²) < 4.78 is 23.1. The summed E-state index contributed by atoms with van der Waals surface area (Å²) in [6.07, 6.45) is 0. The van der Waals surface area contributed by atoms with Crippen molar-refractivity contribution in [3.8, 4) is 0 Å². The lowest BCUT2D eigenvalue weighted by molar-refractivity contribution is 0.211. The largest absolute Gasteiger partial charge is 0.448 e. The molecule has 0 radical (unpaired) electrons. The summed E-state index contributed by atoms with van der Waals surface area (Å²) >= 11 is 0. The van der Waals surface area contributed by atoms with Crippen molar-refractivity contribution in [3.05, 3.63) is 70.8 Å². The monoisotopic (exact) mass is 360 g/mol. The molecular formula is C19H25N2O3P. The third-order valence-electron chi connectivity index (χ3n) is 3.53. The van der Waals surface area contributed by atoms with E-state index in [2.05, 4.69) is 10.3 Å². The molecule has 0 aliphatic rings. The van der Waals surface area contributed by atoms with Crippen LogP contribution >= 0.6 is 7.75 Å². The Balaban J connectivity index is 2.41. The molecule has 25 heavy (non-hydrogen) atoms. The SMILES string of the molecule is CCOP(=O)(NN=C(c1ccc(C)cc1)c1ccc(C)cc1)OCC. The number of hydrogen-bond donors (Lipinski definition) is 1. The maximum Gasteiger partial charge on any atom is 0.448 e. The minimum atomic E-state index is -3.47. The molecule has 0 fully saturated rings. The van der Waals surface area contributed by atoms with E-state index in [1.54, 1.807) is 13.8 Å². The topological polar surface area (TPSA) is 59.9 Å². The van der Waals surface area contributed by atoms with E-state index in [1.165, 1.54) is 0 Å². The van der Waals surface area contributed by atoms with Crippen molar-refractivity contribution in [2.45, 2.75) is 27.7 Å². The maximum absolute atomic E-state index is 12.6. The Hall–Kier alpha value is -1.94. The van der Waals surface area contributed by atoms with Crippen LogP contribution in [0.3, 0.4) is 0 Å². The number of aryl methyl sites for hydroxylation is 2. The van der Waals surface area contributed by atoms with E-state index in [4.69, 9.17) is 9.05 Å². The molecule has 0 bridgehead atoms. The molecular weight excluding hydrogens is 335 g/mol. The summed E-state index contributed by atoms with van der Waals surface area (Å²) in [6.45, 7) is 8.12. The number of rotatable bonds is 8. The van der Waals surface area contributed by atoms with Crippen LogP contribution < -0.4 is 5.20 Å². The van der Waals surface area contributed by atoms with Crippen molar-refractivity contribution in [2.24, 2.45) is 5.10 Å². The molecule has 0 aromatic heterocycles. The predicted molar refractivity (Wildman–Crippen MR) is 102 cm³/mol. The van der Waals surface area contributed by atoms with Crippen LogP contribution in [-0.4, -0.2) is 18.9 Å². The van der Waals surface area contributed by atoms with Gasteiger partial charge in [-0.2, -0.15) is 5.10 Å². The molecule has 0 atom stereocenters. The first-order valence-electron chi connectivity index (χ1n) is 8.35. The summed E-state index contributed by atoms with van der Waals surface area (Å²) in [6, 6.07) is 16.0. The highest BCUT2D eigenvalue weighted by Gasteiger charge is 2.23. The third kappa shape index (κ3) is 5.53. The molecule has 0 amide bonds. The number of nitrogens with one attached hydrogen (secondary N) is 1. The molecule has 2 aromatic rings. The lowest BCUT2D eigenvalue weighted by Crippen LogP contribution is -2.14. The molecule has 0 saturated heterocycles. The summed E-state index contributed by atoms with van der Waals surface area (Å²) in [7, 11) is -3.47. The standard InChI is InChI=1S/C19H25N2O3P/c1-5-23-25(22,24-6-2)21-20-19(17-11-7-15(3)8-12-17)18-13-9-16(4)10-14-18/h7-14H,5-6H2,1-4H3,(H,21,22). The minimum Gasteiger partial charge on any atom is -0.292 e. The van der Waals surface area contributed by atoms with Crippen LogP contribution in [0.4, 0.5) is 0 Å². The average Bonchev–Trinajstić information content (AvgIpc) is 2.58. The fraction of sp³-hybridized carbons (Fsp3) is 0.316. The van der Waals surface area contributed by atoms with E-state index in [1.807, 2.05) is 62.4 Å². The molecule has 0 heterocycles. The zero-order valence-electron chi connectivity index (χ0n) is 15.2. The van der Waals surface area contributed by atoms with Gasteiger partial charge < -0.3 is 0 Å². The fourth-order valence-corrected chi connectivity index (χ4v) is 3.36. The lowest BCUT2D eigenvalue weighted by atomic mass is 10.0. The number of hydrogen-bond acceptors (Lipinski definition) is 4. The van der Waals surface area contributed by atoms with Gasteiger partial charge in [-0.1, -0.05) is 59.7 Å². The molecule has 0 spiro atoms. The van der Waals surface area contributed by atoms with E-state index < -0.39 is 7.75 Å². The van der Waals surface area contributed by atoms with Gasteiger partial charge in [0, 0.05) is 11.1 Å². The van der Waals surface area contributed by atoms with E-state index in [-0.39, 0.29) is 13.2 Å². The smallest absolute Gasteiger partial charge is 0.292 e. The van der Waals surface area contributed by atoms with Gasteiger partial charge in [-0.25, -0.2) is 9.76 Å². The van der Waals surface area contributed by atoms with Crippen LogP contribution in [0.5, 0.6) is 0 Å². The van der Waals surface area contributed by atoms with Gasteiger partial charge in [-0.15, -0.1) is 0 Å². The van der Waals surface area contributed by atoms with Crippen LogP contribution in [0.1, 0.15) is 36.1 Å². The molecule has 0 unspecified atom stereocenters. The molecule has 5 nitrogen and oxygen atoms in total. The van der Waals surface area contributed by atoms with E-state index in [0.29, 0.717) is 5.71 Å². The fourth-order valence-electron chi connectivity index (χ4n) is 2.26. The van der Waals surface area contributed by atoms with Crippen molar-refractivity contribution in [3.63, 3.8) is 0 Å². The number of nitrogens with zero attached hydrogens (tertiary/aromatic N) is 1. The molecule has 2 aromatic carbocycles. The Morgan fingerprint density at radius 3 is 1.64 bits per heavy atom. The van der Waals surface area contributed by atoms with Crippen LogP contribution in [0.15, 0.2) is 53.6 Å². The van der Waals surface area contributed by atoms with Crippen LogP contribution in [0.2, 0.25) is 0 Å². The first kappa shape index (κ1) is 19.4.